The summed E-state index contributed by atoms with van der Waals surface area (Å²) in [6.07, 6.45) is 31.5. The van der Waals surface area contributed by atoms with Crippen molar-refractivity contribution in [2.45, 2.75) is 195 Å². The molecule has 3 saturated carbocycles. The summed E-state index contributed by atoms with van der Waals surface area (Å²) in [5.41, 5.74) is 2.37. The molecule has 4 aliphatic rings. The first-order valence-electron chi connectivity index (χ1n) is 25.6. The van der Waals surface area contributed by atoms with Gasteiger partial charge in [-0.2, -0.15) is 0 Å². The van der Waals surface area contributed by atoms with Crippen LogP contribution in [0.25, 0.3) is 0 Å². The van der Waals surface area contributed by atoms with Gasteiger partial charge in [0.05, 0.1) is 13.0 Å². The van der Waals surface area contributed by atoms with Crippen molar-refractivity contribution >= 4 is 39.4 Å². The lowest BCUT2D eigenvalue weighted by molar-refractivity contribution is -0.151. The third-order valence-electron chi connectivity index (χ3n) is 15.8. The first kappa shape index (κ1) is 53.2. The maximum atomic E-state index is 13.3. The van der Waals surface area contributed by atoms with Gasteiger partial charge in [0.15, 0.2) is 0 Å². The van der Waals surface area contributed by atoms with Crippen molar-refractivity contribution < 1.29 is 23.9 Å². The minimum atomic E-state index is -0.147. The van der Waals surface area contributed by atoms with Crippen LogP contribution in [0.2, 0.25) is 0 Å². The molecule has 7 nitrogen and oxygen atoms in total. The Morgan fingerprint density at radius 1 is 0.790 bits per heavy atom. The Hall–Kier alpha value is -1.45. The second kappa shape index (κ2) is 27.9. The van der Waals surface area contributed by atoms with Gasteiger partial charge >= 0.3 is 11.9 Å². The van der Waals surface area contributed by atoms with Gasteiger partial charge in [0, 0.05) is 43.9 Å². The molecule has 0 spiro atoms. The van der Waals surface area contributed by atoms with E-state index in [0.717, 1.165) is 119 Å². The first-order valence-corrected chi connectivity index (χ1v) is 28.1. The van der Waals surface area contributed by atoms with E-state index in [2.05, 4.69) is 78.8 Å². The minimum Gasteiger partial charge on any atom is -0.465 e. The van der Waals surface area contributed by atoms with Crippen molar-refractivity contribution in [3.8, 4) is 0 Å². The second-order valence-corrected chi connectivity index (χ2v) is 23.8. The molecule has 0 aromatic carbocycles. The number of carbonyl (C=O) groups excluding carboxylic acids is 3. The van der Waals surface area contributed by atoms with Gasteiger partial charge < -0.3 is 19.3 Å². The quantitative estimate of drug-likeness (QED) is 0.0305. The summed E-state index contributed by atoms with van der Waals surface area (Å²) in [7, 11) is 7.45. The van der Waals surface area contributed by atoms with E-state index in [4.69, 9.17) is 9.47 Å². The molecule has 0 radical (unpaired) electrons. The molecule has 0 aromatic heterocycles. The molecule has 4 rings (SSSR count). The fourth-order valence-corrected chi connectivity index (χ4v) is 14.2. The monoisotopic (exact) mass is 901 g/mol. The van der Waals surface area contributed by atoms with E-state index in [9.17, 15) is 14.4 Å². The number of esters is 2. The van der Waals surface area contributed by atoms with Crippen LogP contribution >= 0.6 is 21.6 Å². The van der Waals surface area contributed by atoms with Crippen LogP contribution in [0.15, 0.2) is 23.8 Å². The van der Waals surface area contributed by atoms with Crippen LogP contribution in [-0.2, 0) is 23.9 Å². The fraction of sp³-hybridized carbons (Fsp3) is 0.868. The minimum absolute atomic E-state index is 0.0156. The number of hydrogen-bond acceptors (Lipinski definition) is 8. The molecule has 9 heteroatoms. The lowest BCUT2D eigenvalue weighted by Crippen LogP contribution is -2.51. The topological polar surface area (TPSA) is 76.2 Å². The van der Waals surface area contributed by atoms with E-state index in [0.29, 0.717) is 37.0 Å². The molecule has 0 aliphatic heterocycles. The number of nitrogens with zero attached hydrogens (tertiary/aromatic N) is 2. The molecule has 0 aromatic rings. The Bertz CT molecular complexity index is 1400. The van der Waals surface area contributed by atoms with Crippen molar-refractivity contribution in [1.29, 1.82) is 0 Å². The van der Waals surface area contributed by atoms with E-state index in [1.165, 1.54) is 70.6 Å². The predicted octanol–water partition coefficient (Wildman–Crippen LogP) is 13.5. The molecule has 3 fully saturated rings. The van der Waals surface area contributed by atoms with E-state index < -0.39 is 0 Å². The highest BCUT2D eigenvalue weighted by atomic mass is 33.1. The summed E-state index contributed by atoms with van der Waals surface area (Å²) in [4.78, 5) is 42.7. The second-order valence-electron chi connectivity index (χ2n) is 21.1. The summed E-state index contributed by atoms with van der Waals surface area (Å²) in [5, 5.41) is 0. The molecule has 0 N–H and O–H groups in total. The zero-order valence-corrected chi connectivity index (χ0v) is 42.7. The van der Waals surface area contributed by atoms with Crippen LogP contribution in [0.5, 0.6) is 0 Å². The zero-order chi connectivity index (χ0) is 45.0. The summed E-state index contributed by atoms with van der Waals surface area (Å²) >= 11 is 0. The van der Waals surface area contributed by atoms with Gasteiger partial charge in [-0.1, -0.05) is 125 Å². The highest BCUT2D eigenvalue weighted by molar-refractivity contribution is 8.76. The van der Waals surface area contributed by atoms with Gasteiger partial charge in [0.25, 0.3) is 0 Å². The number of allylic oxidation sites excluding steroid dienone is 2. The average molecular weight is 901 g/mol. The number of unbranched alkanes of at least 4 members (excludes halogenated alkanes) is 5. The number of carbonyl (C=O) groups is 3. The lowest BCUT2D eigenvalue weighted by atomic mass is 9.47. The first-order chi connectivity index (χ1) is 29.8. The van der Waals surface area contributed by atoms with Crippen molar-refractivity contribution in [2.75, 3.05) is 51.8 Å². The average Bonchev–Trinajstić information content (AvgIpc) is 3.59. The largest absolute Gasteiger partial charge is 0.465 e. The fourth-order valence-electron chi connectivity index (χ4n) is 12.3. The molecule has 8 unspecified atom stereocenters. The third-order valence-corrected chi connectivity index (χ3v) is 18.2. The van der Waals surface area contributed by atoms with Gasteiger partial charge in [0.1, 0.15) is 6.10 Å². The maximum absolute atomic E-state index is 13.3. The van der Waals surface area contributed by atoms with Crippen LogP contribution in [0.1, 0.15) is 189 Å². The van der Waals surface area contributed by atoms with Gasteiger partial charge in [-0.15, -0.1) is 0 Å². The van der Waals surface area contributed by atoms with Crippen LogP contribution in [0, 0.1) is 46.3 Å². The standard InChI is InChI=1S/C53H92N2O5S2/c1-9-10-11-12-13-14-18-37-59-50(57)31-39-62-61-38-30-49(56)55(36-20-34-54(7)8)35-17-15-16-23-51(58)60-44-28-32-52(5)43(40-44)24-25-45-47-27-26-46(42(4)22-19-21-41(2)3)53(47,6)33-29-48(45)52/h13-14,24,41-42,44-48H,9-12,15-23,25-40H2,1-8H3/b14-13+. The number of amides is 1. The highest BCUT2D eigenvalue weighted by Crippen LogP contribution is 2.67. The summed E-state index contributed by atoms with van der Waals surface area (Å²) in [6, 6.07) is 0. The summed E-state index contributed by atoms with van der Waals surface area (Å²) in [5.74, 6) is 6.44. The Morgan fingerprint density at radius 3 is 2.31 bits per heavy atom. The molecule has 0 heterocycles. The van der Waals surface area contributed by atoms with E-state index in [1.807, 2.05) is 4.90 Å². The lowest BCUT2D eigenvalue weighted by Gasteiger charge is -2.58. The molecule has 0 saturated heterocycles. The number of fused-ring (bicyclic) bond motifs is 5. The van der Waals surface area contributed by atoms with Gasteiger partial charge in [-0.25, -0.2) is 0 Å². The smallest absolute Gasteiger partial charge is 0.306 e. The Balaban J connectivity index is 1.11. The van der Waals surface area contributed by atoms with E-state index in [-0.39, 0.29) is 29.4 Å². The summed E-state index contributed by atoms with van der Waals surface area (Å²) < 4.78 is 11.5. The molecular formula is C53H92N2O5S2. The normalized spacial score (nSPS) is 27.5. The van der Waals surface area contributed by atoms with Crippen molar-refractivity contribution in [1.82, 2.24) is 9.80 Å². The molecule has 0 bridgehead atoms. The van der Waals surface area contributed by atoms with Crippen LogP contribution < -0.4 is 0 Å². The Kier molecular flexibility index (Phi) is 23.9. The van der Waals surface area contributed by atoms with E-state index >= 15 is 0 Å². The molecule has 62 heavy (non-hydrogen) atoms. The van der Waals surface area contributed by atoms with Crippen molar-refractivity contribution in [2.24, 2.45) is 46.3 Å². The van der Waals surface area contributed by atoms with Crippen molar-refractivity contribution in [3.63, 3.8) is 0 Å². The number of rotatable bonds is 30. The predicted molar refractivity (Wildman–Crippen MR) is 264 cm³/mol. The van der Waals surface area contributed by atoms with Crippen LogP contribution in [0.3, 0.4) is 0 Å². The molecule has 4 aliphatic carbocycles. The number of ether oxygens (including phenoxy) is 2. The molecule has 356 valence electrons. The SMILES string of the molecule is CCCCC/C=C/CCOC(=O)CCSSCCC(=O)N(CCCCCC(=O)OC1CCC2(C)C(=CCC3C2CCC2(C)C(C(C)CCCC(C)C)CCC32)C1)CCCN(C)C. The molecule has 8 atom stereocenters. The van der Waals surface area contributed by atoms with Crippen molar-refractivity contribution in [3.05, 3.63) is 23.8 Å². The van der Waals surface area contributed by atoms with Crippen LogP contribution in [0.4, 0.5) is 0 Å². The van der Waals surface area contributed by atoms with Crippen LogP contribution in [-0.4, -0.2) is 85.6 Å². The molecular weight excluding hydrogens is 809 g/mol. The van der Waals surface area contributed by atoms with Gasteiger partial charge in [-0.05, 0) is 150 Å². The zero-order valence-electron chi connectivity index (χ0n) is 41.0. The maximum Gasteiger partial charge on any atom is 0.306 e. The Morgan fingerprint density at radius 2 is 1.55 bits per heavy atom. The highest BCUT2D eigenvalue weighted by Gasteiger charge is 2.59. The summed E-state index contributed by atoms with van der Waals surface area (Å²) in [6.45, 7) is 17.7. The van der Waals surface area contributed by atoms with Gasteiger partial charge in [0.2, 0.25) is 5.91 Å². The Labute approximate surface area is 388 Å². The molecule has 1 amide bonds. The third kappa shape index (κ3) is 16.8. The van der Waals surface area contributed by atoms with Gasteiger partial charge in [-0.3, -0.25) is 14.4 Å². The number of hydrogen-bond donors (Lipinski definition) is 0. The van der Waals surface area contributed by atoms with E-state index in [1.54, 1.807) is 27.2 Å².